The third-order valence-electron chi connectivity index (χ3n) is 3.20. The molecule has 0 aliphatic carbocycles. The normalized spacial score (nSPS) is 19.9. The average molecular weight is 312 g/mol. The highest BCUT2D eigenvalue weighted by atomic mass is 32.2. The van der Waals surface area contributed by atoms with Gasteiger partial charge in [-0.05, 0) is 12.1 Å². The van der Waals surface area contributed by atoms with Crippen LogP contribution in [0.15, 0.2) is 23.1 Å². The number of nitrogens with one attached hydrogen (secondary N) is 1. The molecule has 0 radical (unpaired) electrons. The molecule has 1 fully saturated rings. The van der Waals surface area contributed by atoms with Crippen LogP contribution in [-0.4, -0.2) is 47.6 Å². The molecule has 0 unspecified atom stereocenters. The molecule has 1 atom stereocenters. The summed E-state index contributed by atoms with van der Waals surface area (Å²) in [5.74, 6) is -0.0637. The van der Waals surface area contributed by atoms with Crippen LogP contribution in [0.5, 0.6) is 0 Å². The number of fused-ring (bicyclic) bond motifs is 1. The SMILES string of the molecule is CN1C[C@@H](NS(=O)(=O)c2cccc3nsnc23)CC1=O. The van der Waals surface area contributed by atoms with Crippen LogP contribution in [0.4, 0.5) is 0 Å². The second kappa shape index (κ2) is 4.76. The number of hydrogen-bond donors (Lipinski definition) is 1. The number of benzene rings is 1. The van der Waals surface area contributed by atoms with Gasteiger partial charge in [0.15, 0.2) is 0 Å². The van der Waals surface area contributed by atoms with Crippen molar-refractivity contribution in [2.24, 2.45) is 0 Å². The van der Waals surface area contributed by atoms with Crippen molar-refractivity contribution in [1.82, 2.24) is 18.4 Å². The molecule has 1 saturated heterocycles. The molecule has 3 rings (SSSR count). The summed E-state index contributed by atoms with van der Waals surface area (Å²) in [4.78, 5) is 13.1. The topological polar surface area (TPSA) is 92.3 Å². The van der Waals surface area contributed by atoms with E-state index < -0.39 is 16.1 Å². The second-order valence-electron chi connectivity index (χ2n) is 4.68. The fourth-order valence-corrected chi connectivity index (χ4v) is 4.22. The van der Waals surface area contributed by atoms with Crippen LogP contribution in [0, 0.1) is 0 Å². The zero-order chi connectivity index (χ0) is 14.3. The minimum absolute atomic E-state index is 0.0637. The van der Waals surface area contributed by atoms with E-state index in [1.165, 1.54) is 11.0 Å². The Morgan fingerprint density at radius 1 is 1.40 bits per heavy atom. The van der Waals surface area contributed by atoms with Crippen LogP contribution in [0.1, 0.15) is 6.42 Å². The zero-order valence-electron chi connectivity index (χ0n) is 10.6. The summed E-state index contributed by atoms with van der Waals surface area (Å²) in [6.45, 7) is 0.378. The average Bonchev–Trinajstić information content (AvgIpc) is 2.95. The number of rotatable bonds is 3. The van der Waals surface area contributed by atoms with Crippen molar-refractivity contribution in [2.45, 2.75) is 17.4 Å². The van der Waals surface area contributed by atoms with Crippen molar-refractivity contribution in [3.63, 3.8) is 0 Å². The fraction of sp³-hybridized carbons (Fsp3) is 0.364. The third-order valence-corrected chi connectivity index (χ3v) is 5.30. The summed E-state index contributed by atoms with van der Waals surface area (Å²) in [6, 6.07) is 4.43. The first-order chi connectivity index (χ1) is 9.47. The van der Waals surface area contributed by atoms with E-state index >= 15 is 0 Å². The first kappa shape index (κ1) is 13.4. The lowest BCUT2D eigenvalue weighted by molar-refractivity contribution is -0.126. The molecule has 20 heavy (non-hydrogen) atoms. The Bertz CT molecular complexity index is 771. The van der Waals surface area contributed by atoms with E-state index in [4.69, 9.17) is 0 Å². The first-order valence-corrected chi connectivity index (χ1v) is 8.16. The van der Waals surface area contributed by atoms with Crippen LogP contribution in [0.25, 0.3) is 11.0 Å². The molecule has 1 N–H and O–H groups in total. The quantitative estimate of drug-likeness (QED) is 0.874. The number of carbonyl (C=O) groups excluding carboxylic acids is 1. The van der Waals surface area contributed by atoms with Gasteiger partial charge in [-0.15, -0.1) is 0 Å². The summed E-state index contributed by atoms with van der Waals surface area (Å²) >= 11 is 0.972. The Morgan fingerprint density at radius 3 is 2.90 bits per heavy atom. The Morgan fingerprint density at radius 2 is 2.20 bits per heavy atom. The highest BCUT2D eigenvalue weighted by Gasteiger charge is 2.31. The molecule has 7 nitrogen and oxygen atoms in total. The van der Waals surface area contributed by atoms with Crippen molar-refractivity contribution < 1.29 is 13.2 Å². The predicted molar refractivity (Wildman–Crippen MR) is 73.8 cm³/mol. The monoisotopic (exact) mass is 312 g/mol. The van der Waals surface area contributed by atoms with Gasteiger partial charge in [0.25, 0.3) is 0 Å². The second-order valence-corrected chi connectivity index (χ2v) is 6.90. The summed E-state index contributed by atoms with van der Waals surface area (Å²) in [6.07, 6.45) is 0.182. The highest BCUT2D eigenvalue weighted by Crippen LogP contribution is 2.22. The van der Waals surface area contributed by atoms with E-state index in [2.05, 4.69) is 13.5 Å². The molecule has 2 aromatic rings. The number of aromatic nitrogens is 2. The summed E-state index contributed by atoms with van der Waals surface area (Å²) < 4.78 is 35.4. The lowest BCUT2D eigenvalue weighted by atomic mass is 10.3. The molecule has 9 heteroatoms. The van der Waals surface area contributed by atoms with Crippen LogP contribution < -0.4 is 4.72 Å². The summed E-state index contributed by atoms with van der Waals surface area (Å²) in [5.41, 5.74) is 0.917. The summed E-state index contributed by atoms with van der Waals surface area (Å²) in [7, 11) is -2.06. The van der Waals surface area contributed by atoms with Gasteiger partial charge < -0.3 is 4.90 Å². The van der Waals surface area contributed by atoms with Gasteiger partial charge in [0.05, 0.1) is 11.7 Å². The number of sulfonamides is 1. The van der Waals surface area contributed by atoms with Gasteiger partial charge in [-0.2, -0.15) is 8.75 Å². The van der Waals surface area contributed by atoms with Crippen LogP contribution in [0.3, 0.4) is 0 Å². The van der Waals surface area contributed by atoms with Crippen LogP contribution in [-0.2, 0) is 14.8 Å². The smallest absolute Gasteiger partial charge is 0.243 e. The maximum Gasteiger partial charge on any atom is 0.243 e. The molecular formula is C11H12N4O3S2. The lowest BCUT2D eigenvalue weighted by Crippen LogP contribution is -2.36. The molecule has 0 saturated carbocycles. The van der Waals surface area contributed by atoms with Gasteiger partial charge in [0, 0.05) is 26.1 Å². The van der Waals surface area contributed by atoms with Crippen molar-refractivity contribution in [1.29, 1.82) is 0 Å². The van der Waals surface area contributed by atoms with Crippen molar-refractivity contribution >= 4 is 38.7 Å². The van der Waals surface area contributed by atoms with Crippen molar-refractivity contribution in [3.8, 4) is 0 Å². The Balaban J connectivity index is 1.93. The van der Waals surface area contributed by atoms with Crippen LogP contribution >= 0.6 is 11.7 Å². The molecular weight excluding hydrogens is 300 g/mol. The molecule has 0 spiro atoms. The minimum Gasteiger partial charge on any atom is -0.344 e. The van der Waals surface area contributed by atoms with Gasteiger partial charge in [-0.1, -0.05) is 6.07 Å². The van der Waals surface area contributed by atoms with Gasteiger partial charge in [0.2, 0.25) is 15.9 Å². The number of amides is 1. The van der Waals surface area contributed by atoms with E-state index in [0.717, 1.165) is 11.7 Å². The number of likely N-dealkylation sites (N-methyl/N-ethyl adjacent to an activating group) is 1. The zero-order valence-corrected chi connectivity index (χ0v) is 12.2. The van der Waals surface area contributed by atoms with Crippen molar-refractivity contribution in [2.75, 3.05) is 13.6 Å². The maximum absolute atomic E-state index is 12.4. The van der Waals surface area contributed by atoms with E-state index in [0.29, 0.717) is 17.6 Å². The van der Waals surface area contributed by atoms with Gasteiger partial charge in [0.1, 0.15) is 15.9 Å². The fourth-order valence-electron chi connectivity index (χ4n) is 2.22. The Kier molecular flexibility index (Phi) is 3.19. The highest BCUT2D eigenvalue weighted by molar-refractivity contribution is 7.89. The standard InChI is InChI=1S/C11H12N4O3S2/c1-15-6-7(5-10(15)16)14-20(17,18)9-4-2-3-8-11(9)13-19-12-8/h2-4,7,14H,5-6H2,1H3/t7-/m0/s1. The number of nitrogens with zero attached hydrogens (tertiary/aromatic N) is 3. The molecule has 1 aromatic heterocycles. The van der Waals surface area contributed by atoms with Gasteiger partial charge >= 0.3 is 0 Å². The van der Waals surface area contributed by atoms with E-state index in [1.54, 1.807) is 19.2 Å². The molecule has 0 bridgehead atoms. The predicted octanol–water partition coefficient (Wildman–Crippen LogP) is 0.200. The minimum atomic E-state index is -3.71. The largest absolute Gasteiger partial charge is 0.344 e. The third kappa shape index (κ3) is 2.28. The van der Waals surface area contributed by atoms with Gasteiger partial charge in [-0.3, -0.25) is 4.79 Å². The molecule has 1 aliphatic rings. The maximum atomic E-state index is 12.4. The molecule has 2 heterocycles. The Hall–Kier alpha value is -1.58. The number of likely N-dealkylation sites (tertiary alicyclic amines) is 1. The van der Waals surface area contributed by atoms with Crippen LogP contribution in [0.2, 0.25) is 0 Å². The number of carbonyl (C=O) groups is 1. The van der Waals surface area contributed by atoms with E-state index in [1.807, 2.05) is 0 Å². The number of hydrogen-bond acceptors (Lipinski definition) is 6. The van der Waals surface area contributed by atoms with E-state index in [9.17, 15) is 13.2 Å². The Labute approximate surface area is 120 Å². The summed E-state index contributed by atoms with van der Waals surface area (Å²) in [5, 5.41) is 0. The molecule has 1 aliphatic heterocycles. The molecule has 1 aromatic carbocycles. The van der Waals surface area contributed by atoms with E-state index in [-0.39, 0.29) is 17.2 Å². The van der Waals surface area contributed by atoms with Gasteiger partial charge in [-0.25, -0.2) is 13.1 Å². The molecule has 1 amide bonds. The molecule has 106 valence electrons. The lowest BCUT2D eigenvalue weighted by Gasteiger charge is -2.13. The first-order valence-electron chi connectivity index (χ1n) is 5.95. The van der Waals surface area contributed by atoms with Crippen molar-refractivity contribution in [3.05, 3.63) is 18.2 Å².